The van der Waals surface area contributed by atoms with Gasteiger partial charge in [-0.25, -0.2) is 4.98 Å². The monoisotopic (exact) mass is 325 g/mol. The first-order valence-electron chi connectivity index (χ1n) is 6.42. The second-order valence-electron chi connectivity index (χ2n) is 4.83. The smallest absolute Gasteiger partial charge is 0.249 e. The second-order valence-corrected chi connectivity index (χ2v) is 5.68. The number of hydrogen-bond acceptors (Lipinski definition) is 4. The highest BCUT2D eigenvalue weighted by molar-refractivity contribution is 6.36. The molecule has 0 radical (unpaired) electrons. The van der Waals surface area contributed by atoms with Crippen molar-refractivity contribution in [1.82, 2.24) is 14.8 Å². The number of aromatic nitrogens is 3. The number of hydrogen-bond donors (Lipinski definition) is 1. The van der Waals surface area contributed by atoms with E-state index in [1.54, 1.807) is 21.8 Å². The van der Waals surface area contributed by atoms with Gasteiger partial charge in [0.15, 0.2) is 0 Å². The Labute approximate surface area is 131 Å². The Morgan fingerprint density at radius 2 is 2.19 bits per heavy atom. The van der Waals surface area contributed by atoms with Gasteiger partial charge in [0.25, 0.3) is 0 Å². The third-order valence-electron chi connectivity index (χ3n) is 3.33. The zero-order chi connectivity index (χ0) is 15.0. The Kier molecular flexibility index (Phi) is 3.73. The molecule has 1 saturated heterocycles. The minimum absolute atomic E-state index is 0.0178. The van der Waals surface area contributed by atoms with E-state index in [0.717, 1.165) is 5.69 Å². The van der Waals surface area contributed by atoms with Crippen molar-refractivity contribution in [1.29, 1.82) is 0 Å². The molecule has 2 aromatic heterocycles. The molecule has 0 saturated carbocycles. The highest BCUT2D eigenvalue weighted by atomic mass is 35.5. The molecule has 6 nitrogen and oxygen atoms in total. The lowest BCUT2D eigenvalue weighted by Gasteiger charge is -2.16. The third-order valence-corrected chi connectivity index (χ3v) is 3.82. The molecule has 3 rings (SSSR count). The molecule has 0 spiro atoms. The molecular formula is C13H13Cl2N5O. The summed E-state index contributed by atoms with van der Waals surface area (Å²) in [5, 5.41) is 8.01. The molecule has 1 aliphatic rings. The Morgan fingerprint density at radius 3 is 2.86 bits per heavy atom. The molecule has 0 aliphatic carbocycles. The number of anilines is 2. The van der Waals surface area contributed by atoms with Crippen LogP contribution in [0.25, 0.3) is 0 Å². The number of nitrogens with one attached hydrogen (secondary N) is 1. The lowest BCUT2D eigenvalue weighted by atomic mass is 10.2. The maximum absolute atomic E-state index is 12.4. The van der Waals surface area contributed by atoms with Gasteiger partial charge in [-0.15, -0.1) is 0 Å². The normalized spacial score (nSPS) is 18.3. The maximum atomic E-state index is 12.4. The molecule has 1 atom stereocenters. The molecular weight excluding hydrogens is 313 g/mol. The van der Waals surface area contributed by atoms with E-state index in [4.69, 9.17) is 23.2 Å². The highest BCUT2D eigenvalue weighted by Crippen LogP contribution is 2.27. The van der Waals surface area contributed by atoms with Crippen LogP contribution in [0.5, 0.6) is 0 Å². The molecule has 1 amide bonds. The summed E-state index contributed by atoms with van der Waals surface area (Å²) in [5.74, 6) is 0.447. The topological polar surface area (TPSA) is 63.1 Å². The summed E-state index contributed by atoms with van der Waals surface area (Å²) in [7, 11) is 1.82. The molecule has 21 heavy (non-hydrogen) atoms. The standard InChI is InChI=1S/C13H13Cl2N5O/c1-19-7-9(6-17-19)20-3-2-11(13(20)21)18-12-10(15)4-8(14)5-16-12/h4-7,11H,2-3H2,1H3,(H,16,18). The number of halogens is 2. The third kappa shape index (κ3) is 2.82. The van der Waals surface area contributed by atoms with Crippen LogP contribution in [0.1, 0.15) is 6.42 Å². The lowest BCUT2D eigenvalue weighted by molar-refractivity contribution is -0.117. The van der Waals surface area contributed by atoms with Crippen molar-refractivity contribution in [2.75, 3.05) is 16.8 Å². The molecule has 3 heterocycles. The van der Waals surface area contributed by atoms with Crippen LogP contribution >= 0.6 is 23.2 Å². The minimum atomic E-state index is -0.351. The second kappa shape index (κ2) is 5.54. The molecule has 1 N–H and O–H groups in total. The van der Waals surface area contributed by atoms with Crippen LogP contribution in [0, 0.1) is 0 Å². The van der Waals surface area contributed by atoms with Crippen LogP contribution in [0.4, 0.5) is 11.5 Å². The van der Waals surface area contributed by atoms with Gasteiger partial charge >= 0.3 is 0 Å². The number of carbonyl (C=O) groups excluding carboxylic acids is 1. The van der Waals surface area contributed by atoms with E-state index in [2.05, 4.69) is 15.4 Å². The van der Waals surface area contributed by atoms with Crippen LogP contribution < -0.4 is 10.2 Å². The van der Waals surface area contributed by atoms with Crippen molar-refractivity contribution in [3.8, 4) is 0 Å². The average molecular weight is 326 g/mol. The first-order chi connectivity index (χ1) is 10.0. The number of rotatable bonds is 3. The van der Waals surface area contributed by atoms with Gasteiger partial charge in [0.1, 0.15) is 11.9 Å². The molecule has 0 bridgehead atoms. The van der Waals surface area contributed by atoms with Crippen molar-refractivity contribution >= 4 is 40.6 Å². The van der Waals surface area contributed by atoms with Gasteiger partial charge in [-0.05, 0) is 12.5 Å². The predicted octanol–water partition coefficient (Wildman–Crippen LogP) is 2.34. The van der Waals surface area contributed by atoms with Crippen molar-refractivity contribution in [3.05, 3.63) is 34.7 Å². The maximum Gasteiger partial charge on any atom is 0.249 e. The fourth-order valence-corrected chi connectivity index (χ4v) is 2.74. The van der Waals surface area contributed by atoms with Crippen molar-refractivity contribution in [3.63, 3.8) is 0 Å². The zero-order valence-corrected chi connectivity index (χ0v) is 12.8. The van der Waals surface area contributed by atoms with Crippen LogP contribution in [0.3, 0.4) is 0 Å². The van der Waals surface area contributed by atoms with E-state index in [0.29, 0.717) is 28.8 Å². The predicted molar refractivity (Wildman–Crippen MR) is 81.8 cm³/mol. The van der Waals surface area contributed by atoms with Gasteiger partial charge in [-0.1, -0.05) is 23.2 Å². The molecule has 0 aromatic carbocycles. The SMILES string of the molecule is Cn1cc(N2CCC(Nc3ncc(Cl)cc3Cl)C2=O)cn1. The summed E-state index contributed by atoms with van der Waals surface area (Å²) in [4.78, 5) is 18.2. The van der Waals surface area contributed by atoms with Gasteiger partial charge in [-0.2, -0.15) is 5.10 Å². The zero-order valence-electron chi connectivity index (χ0n) is 11.3. The fraction of sp³-hybridized carbons (Fsp3) is 0.308. The van der Waals surface area contributed by atoms with Crippen LogP contribution in [-0.4, -0.2) is 33.3 Å². The van der Waals surface area contributed by atoms with E-state index in [9.17, 15) is 4.79 Å². The number of aryl methyl sites for hydroxylation is 1. The number of nitrogens with zero attached hydrogens (tertiary/aromatic N) is 4. The average Bonchev–Trinajstić information content (AvgIpc) is 3.00. The summed E-state index contributed by atoms with van der Waals surface area (Å²) in [5.41, 5.74) is 0.793. The van der Waals surface area contributed by atoms with Gasteiger partial charge in [0, 0.05) is 26.0 Å². The number of carbonyl (C=O) groups is 1. The summed E-state index contributed by atoms with van der Waals surface area (Å²) in [6.07, 6.45) is 5.66. The van der Waals surface area contributed by atoms with Gasteiger partial charge in [-0.3, -0.25) is 9.48 Å². The van der Waals surface area contributed by atoms with Crippen molar-refractivity contribution in [2.24, 2.45) is 7.05 Å². The Hall–Kier alpha value is -1.79. The minimum Gasteiger partial charge on any atom is -0.357 e. The van der Waals surface area contributed by atoms with Crippen LogP contribution in [0.2, 0.25) is 10.0 Å². The van der Waals surface area contributed by atoms with E-state index >= 15 is 0 Å². The molecule has 1 unspecified atom stereocenters. The van der Waals surface area contributed by atoms with E-state index in [1.165, 1.54) is 6.20 Å². The number of pyridine rings is 1. The fourth-order valence-electron chi connectivity index (χ4n) is 2.30. The van der Waals surface area contributed by atoms with Crippen molar-refractivity contribution in [2.45, 2.75) is 12.5 Å². The van der Waals surface area contributed by atoms with Crippen molar-refractivity contribution < 1.29 is 4.79 Å². The number of amides is 1. The molecule has 2 aromatic rings. The summed E-state index contributed by atoms with van der Waals surface area (Å²) in [6, 6.07) is 1.24. The van der Waals surface area contributed by atoms with E-state index < -0.39 is 0 Å². The van der Waals surface area contributed by atoms with Gasteiger partial charge in [0.05, 0.1) is 21.9 Å². The quantitative estimate of drug-likeness (QED) is 0.940. The summed E-state index contributed by atoms with van der Waals surface area (Å²) < 4.78 is 1.67. The largest absolute Gasteiger partial charge is 0.357 e. The Bertz CT molecular complexity index is 687. The Morgan fingerprint density at radius 1 is 1.38 bits per heavy atom. The Balaban J connectivity index is 1.75. The van der Waals surface area contributed by atoms with Gasteiger partial charge < -0.3 is 10.2 Å². The van der Waals surface area contributed by atoms with Gasteiger partial charge in [0.2, 0.25) is 5.91 Å². The molecule has 110 valence electrons. The first-order valence-corrected chi connectivity index (χ1v) is 7.18. The lowest BCUT2D eigenvalue weighted by Crippen LogP contribution is -2.33. The van der Waals surface area contributed by atoms with E-state index in [1.807, 2.05) is 13.2 Å². The van der Waals surface area contributed by atoms with E-state index in [-0.39, 0.29) is 11.9 Å². The van der Waals surface area contributed by atoms with Crippen LogP contribution in [0.15, 0.2) is 24.7 Å². The molecule has 8 heteroatoms. The molecule has 1 aliphatic heterocycles. The summed E-state index contributed by atoms with van der Waals surface area (Å²) >= 11 is 11.9. The van der Waals surface area contributed by atoms with Crippen LogP contribution in [-0.2, 0) is 11.8 Å². The first kappa shape index (κ1) is 14.2. The highest BCUT2D eigenvalue weighted by Gasteiger charge is 2.33. The summed E-state index contributed by atoms with van der Waals surface area (Å²) in [6.45, 7) is 0.632. The molecule has 1 fully saturated rings.